The minimum Gasteiger partial charge on any atom is -0.336 e. The number of carbonyl (C=O) groups excluding carboxylic acids is 4. The average Bonchev–Trinajstić information content (AvgIpc) is 3.13. The van der Waals surface area contributed by atoms with Crippen molar-refractivity contribution < 1.29 is 19.2 Å². The fourth-order valence-electron chi connectivity index (χ4n) is 2.62. The second kappa shape index (κ2) is 11.2. The van der Waals surface area contributed by atoms with E-state index in [4.69, 9.17) is 23.2 Å². The molecule has 1 aromatic heterocycles. The van der Waals surface area contributed by atoms with Crippen LogP contribution in [-0.4, -0.2) is 41.9 Å². The highest BCUT2D eigenvalue weighted by molar-refractivity contribution is 7.14. The molecule has 0 fully saturated rings. The zero-order valence-electron chi connectivity index (χ0n) is 16.7. The summed E-state index contributed by atoms with van der Waals surface area (Å²) in [7, 11) is 1.48. The van der Waals surface area contributed by atoms with Crippen molar-refractivity contribution in [2.45, 2.75) is 32.6 Å². The molecule has 9 heteroatoms. The monoisotopic (exact) mass is 468 g/mol. The van der Waals surface area contributed by atoms with Gasteiger partial charge in [0.1, 0.15) is 5.78 Å². The second-order valence-electron chi connectivity index (χ2n) is 6.77. The first-order valence-corrected chi connectivity index (χ1v) is 10.8. The average molecular weight is 469 g/mol. The number of halogens is 2. The zero-order valence-corrected chi connectivity index (χ0v) is 19.0. The maximum Gasteiger partial charge on any atom is 0.244 e. The normalized spacial score (nSPS) is 10.5. The Hall–Kier alpha value is -2.22. The number of aryl methyl sites for hydroxylation is 1. The third-order valence-corrected chi connectivity index (χ3v) is 5.97. The molecule has 0 bridgehead atoms. The number of thiophene rings is 1. The summed E-state index contributed by atoms with van der Waals surface area (Å²) in [6.07, 6.45) is 0.224. The molecule has 160 valence electrons. The number of hydrogen-bond acceptors (Lipinski definition) is 5. The number of anilines is 1. The van der Waals surface area contributed by atoms with Crippen molar-refractivity contribution in [1.29, 1.82) is 0 Å². The number of amides is 2. The number of carbonyl (C=O) groups is 4. The van der Waals surface area contributed by atoms with Gasteiger partial charge in [-0.2, -0.15) is 0 Å². The van der Waals surface area contributed by atoms with Gasteiger partial charge >= 0.3 is 0 Å². The van der Waals surface area contributed by atoms with E-state index in [0.717, 1.165) is 4.88 Å². The third kappa shape index (κ3) is 7.23. The Balaban J connectivity index is 1.73. The maximum atomic E-state index is 12.2. The van der Waals surface area contributed by atoms with Crippen LogP contribution in [0.15, 0.2) is 30.3 Å². The summed E-state index contributed by atoms with van der Waals surface area (Å²) >= 11 is 13.4. The van der Waals surface area contributed by atoms with Crippen molar-refractivity contribution >= 4 is 63.6 Å². The van der Waals surface area contributed by atoms with Gasteiger partial charge in [-0.3, -0.25) is 19.2 Å². The van der Waals surface area contributed by atoms with Crippen molar-refractivity contribution in [3.63, 3.8) is 0 Å². The lowest BCUT2D eigenvalue weighted by Crippen LogP contribution is -2.35. The molecule has 0 saturated carbocycles. The number of nitrogens with one attached hydrogen (secondary N) is 1. The molecule has 2 rings (SSSR count). The molecule has 1 N–H and O–H groups in total. The minimum atomic E-state index is -0.455. The molecule has 0 aliphatic heterocycles. The fourth-order valence-corrected chi connectivity index (χ4v) is 3.95. The van der Waals surface area contributed by atoms with Gasteiger partial charge in [-0.25, -0.2) is 0 Å². The van der Waals surface area contributed by atoms with Gasteiger partial charge in [0.05, 0.1) is 27.2 Å². The van der Waals surface area contributed by atoms with Crippen LogP contribution in [0, 0.1) is 6.92 Å². The lowest BCUT2D eigenvalue weighted by Gasteiger charge is -2.17. The van der Waals surface area contributed by atoms with Gasteiger partial charge in [-0.15, -0.1) is 11.3 Å². The highest BCUT2D eigenvalue weighted by Crippen LogP contribution is 2.29. The highest BCUT2D eigenvalue weighted by Gasteiger charge is 2.17. The van der Waals surface area contributed by atoms with E-state index in [1.807, 2.05) is 13.0 Å². The summed E-state index contributed by atoms with van der Waals surface area (Å²) < 4.78 is 0. The molecule has 6 nitrogen and oxygen atoms in total. The van der Waals surface area contributed by atoms with Crippen LogP contribution < -0.4 is 5.32 Å². The van der Waals surface area contributed by atoms with E-state index < -0.39 is 5.91 Å². The number of nitrogens with zero attached hydrogens (tertiary/aromatic N) is 1. The smallest absolute Gasteiger partial charge is 0.244 e. The number of ketones is 2. The largest absolute Gasteiger partial charge is 0.336 e. The molecule has 30 heavy (non-hydrogen) atoms. The van der Waals surface area contributed by atoms with E-state index >= 15 is 0 Å². The van der Waals surface area contributed by atoms with Gasteiger partial charge in [0.25, 0.3) is 0 Å². The molecule has 2 aromatic rings. The van der Waals surface area contributed by atoms with Crippen LogP contribution in [0.25, 0.3) is 0 Å². The molecular weight excluding hydrogens is 447 g/mol. The van der Waals surface area contributed by atoms with Crippen LogP contribution in [0.1, 0.15) is 40.2 Å². The summed E-state index contributed by atoms with van der Waals surface area (Å²) in [5.74, 6) is -1.03. The Bertz CT molecular complexity index is 938. The van der Waals surface area contributed by atoms with Gasteiger partial charge in [0.2, 0.25) is 11.8 Å². The first-order chi connectivity index (χ1) is 14.2. The molecule has 0 aliphatic carbocycles. The van der Waals surface area contributed by atoms with Gasteiger partial charge in [-0.1, -0.05) is 29.3 Å². The van der Waals surface area contributed by atoms with Crippen LogP contribution in [0.4, 0.5) is 5.69 Å². The molecule has 1 heterocycles. The minimum absolute atomic E-state index is 0.0257. The van der Waals surface area contributed by atoms with Crippen LogP contribution in [-0.2, 0) is 14.4 Å². The summed E-state index contributed by atoms with van der Waals surface area (Å²) in [6.45, 7) is 1.71. The van der Waals surface area contributed by atoms with Gasteiger partial charge < -0.3 is 10.2 Å². The Labute approximate surface area is 189 Å². The van der Waals surface area contributed by atoms with E-state index in [9.17, 15) is 19.2 Å². The SMILES string of the molecule is Cc1ccc(C(=O)CCC(=O)CCC(=O)N(C)CC(=O)Nc2c(Cl)cccc2Cl)s1. The Morgan fingerprint density at radius 3 is 2.20 bits per heavy atom. The second-order valence-corrected chi connectivity index (χ2v) is 8.87. The summed E-state index contributed by atoms with van der Waals surface area (Å²) in [5, 5.41) is 3.17. The molecule has 0 atom stereocenters. The molecular formula is C21H22Cl2N2O4S. The Kier molecular flexibility index (Phi) is 9.02. The quantitative estimate of drug-likeness (QED) is 0.508. The lowest BCUT2D eigenvalue weighted by atomic mass is 10.1. The molecule has 1 aromatic carbocycles. The molecule has 0 saturated heterocycles. The lowest BCUT2D eigenvalue weighted by molar-refractivity contribution is -0.134. The first-order valence-electron chi connectivity index (χ1n) is 9.26. The number of rotatable bonds is 10. The predicted octanol–water partition coefficient (Wildman–Crippen LogP) is 4.77. The van der Waals surface area contributed by atoms with E-state index in [1.54, 1.807) is 24.3 Å². The van der Waals surface area contributed by atoms with Crippen molar-refractivity contribution in [3.8, 4) is 0 Å². The number of likely N-dealkylation sites (N-methyl/N-ethyl adjacent to an activating group) is 1. The van der Waals surface area contributed by atoms with Crippen LogP contribution in [0.3, 0.4) is 0 Å². The van der Waals surface area contributed by atoms with E-state index in [-0.39, 0.29) is 55.4 Å². The molecule has 2 amide bonds. The van der Waals surface area contributed by atoms with E-state index in [0.29, 0.717) is 14.9 Å². The summed E-state index contributed by atoms with van der Waals surface area (Å²) in [4.78, 5) is 51.3. The Morgan fingerprint density at radius 1 is 0.967 bits per heavy atom. The van der Waals surface area contributed by atoms with Gasteiger partial charge in [-0.05, 0) is 31.2 Å². The highest BCUT2D eigenvalue weighted by atomic mass is 35.5. The van der Waals surface area contributed by atoms with Crippen molar-refractivity contribution in [2.75, 3.05) is 18.9 Å². The van der Waals surface area contributed by atoms with Crippen LogP contribution >= 0.6 is 34.5 Å². The Morgan fingerprint density at radius 2 is 1.60 bits per heavy atom. The fraction of sp³-hybridized carbons (Fsp3) is 0.333. The van der Waals surface area contributed by atoms with Crippen LogP contribution in [0.2, 0.25) is 10.0 Å². The van der Waals surface area contributed by atoms with Gasteiger partial charge in [0.15, 0.2) is 5.78 Å². The number of hydrogen-bond donors (Lipinski definition) is 1. The molecule has 0 unspecified atom stereocenters. The maximum absolute atomic E-state index is 12.2. The zero-order chi connectivity index (χ0) is 22.3. The first kappa shape index (κ1) is 24.1. The number of benzene rings is 1. The topological polar surface area (TPSA) is 83.6 Å². The van der Waals surface area contributed by atoms with E-state index in [2.05, 4.69) is 5.32 Å². The molecule has 0 aliphatic rings. The number of para-hydroxylation sites is 1. The van der Waals surface area contributed by atoms with Gasteiger partial charge in [0, 0.05) is 37.6 Å². The number of Topliss-reactive ketones (excluding diaryl/α,β-unsaturated/α-hetero) is 2. The summed E-state index contributed by atoms with van der Waals surface area (Å²) in [5.41, 5.74) is 0.285. The molecule has 0 spiro atoms. The standard InChI is InChI=1S/C21H22Cl2N2O4S/c1-13-6-10-18(30-13)17(27)9-7-14(26)8-11-20(29)25(2)12-19(28)24-21-15(22)4-3-5-16(21)23/h3-6,10H,7-9,11-12H2,1-2H3,(H,24,28). The van der Waals surface area contributed by atoms with Crippen molar-refractivity contribution in [1.82, 2.24) is 4.90 Å². The predicted molar refractivity (Wildman–Crippen MR) is 120 cm³/mol. The van der Waals surface area contributed by atoms with Crippen molar-refractivity contribution in [2.24, 2.45) is 0 Å². The van der Waals surface area contributed by atoms with Crippen molar-refractivity contribution in [3.05, 3.63) is 50.1 Å². The van der Waals surface area contributed by atoms with E-state index in [1.165, 1.54) is 23.3 Å². The molecule has 0 radical (unpaired) electrons. The third-order valence-electron chi connectivity index (χ3n) is 4.30. The van der Waals surface area contributed by atoms with Crippen LogP contribution in [0.5, 0.6) is 0 Å². The summed E-state index contributed by atoms with van der Waals surface area (Å²) in [6, 6.07) is 8.46.